The number of nitrogens with zero attached hydrogens (tertiary/aromatic N) is 2. The molecule has 2 N–H and O–H groups in total. The van der Waals surface area contributed by atoms with E-state index in [1.54, 1.807) is 0 Å². The molecule has 150 valence electrons. The molecule has 1 aromatic carbocycles. The van der Waals surface area contributed by atoms with E-state index in [1.165, 1.54) is 37.7 Å². The van der Waals surface area contributed by atoms with Gasteiger partial charge >= 0.3 is 5.97 Å². The van der Waals surface area contributed by atoms with Crippen LogP contribution in [0.15, 0.2) is 24.3 Å². The number of piperidine rings is 1. The molecule has 0 radical (unpaired) electrons. The quantitative estimate of drug-likeness (QED) is 0.777. The van der Waals surface area contributed by atoms with Crippen molar-refractivity contribution in [3.05, 3.63) is 29.8 Å². The zero-order valence-electron chi connectivity index (χ0n) is 16.9. The highest BCUT2D eigenvalue weighted by atomic mass is 16.5. The van der Waals surface area contributed by atoms with Crippen LogP contribution in [-0.2, 0) is 16.1 Å². The van der Waals surface area contributed by atoms with E-state index in [2.05, 4.69) is 41.1 Å². The summed E-state index contributed by atoms with van der Waals surface area (Å²) in [6, 6.07) is 9.30. The Bertz CT molecular complexity index is 588. The maximum atomic E-state index is 11.7. The molecule has 5 nitrogen and oxygen atoms in total. The highest BCUT2D eigenvalue weighted by molar-refractivity contribution is 5.72. The standard InChI is InChI=1S/C22H35N3O2/c1-24(20-9-5-19(6-10-20)22(26)27-2)16-18-11-13-25(14-12-18)21-7-3-17(15-23)4-8-21/h3-4,7-8,18-20H,5-6,9-16,23H2,1-2H3. The number of methoxy groups -OCH3 is 1. The molecule has 5 heteroatoms. The van der Waals surface area contributed by atoms with Crippen molar-refractivity contribution in [3.63, 3.8) is 0 Å². The Labute approximate surface area is 163 Å². The van der Waals surface area contributed by atoms with Gasteiger partial charge in [0.05, 0.1) is 13.0 Å². The minimum absolute atomic E-state index is 0.0250. The van der Waals surface area contributed by atoms with Gasteiger partial charge in [-0.05, 0) is 69.2 Å². The summed E-state index contributed by atoms with van der Waals surface area (Å²) in [6.07, 6.45) is 6.67. The van der Waals surface area contributed by atoms with Crippen molar-refractivity contribution in [3.8, 4) is 0 Å². The fraction of sp³-hybridized carbons (Fsp3) is 0.682. The van der Waals surface area contributed by atoms with Crippen molar-refractivity contribution in [1.82, 2.24) is 4.90 Å². The second-order valence-electron chi connectivity index (χ2n) is 8.27. The second-order valence-corrected chi connectivity index (χ2v) is 8.27. The monoisotopic (exact) mass is 373 g/mol. The molecule has 1 aliphatic heterocycles. The third kappa shape index (κ3) is 5.23. The maximum Gasteiger partial charge on any atom is 0.308 e. The van der Waals surface area contributed by atoms with Gasteiger partial charge < -0.3 is 20.3 Å². The maximum absolute atomic E-state index is 11.7. The van der Waals surface area contributed by atoms with Gasteiger partial charge in [0.2, 0.25) is 0 Å². The van der Waals surface area contributed by atoms with E-state index in [-0.39, 0.29) is 11.9 Å². The average Bonchev–Trinajstić information content (AvgIpc) is 2.74. The van der Waals surface area contributed by atoms with E-state index in [0.717, 1.165) is 44.7 Å². The van der Waals surface area contributed by atoms with Gasteiger partial charge in [0.1, 0.15) is 0 Å². The lowest BCUT2D eigenvalue weighted by Gasteiger charge is -2.39. The second kappa shape index (κ2) is 9.56. The predicted molar refractivity (Wildman–Crippen MR) is 110 cm³/mol. The first-order valence-electron chi connectivity index (χ1n) is 10.4. The van der Waals surface area contributed by atoms with Crippen LogP contribution in [0.2, 0.25) is 0 Å². The molecule has 1 aromatic rings. The molecule has 27 heavy (non-hydrogen) atoms. The number of carbonyl (C=O) groups is 1. The topological polar surface area (TPSA) is 58.8 Å². The molecule has 1 aliphatic carbocycles. The Morgan fingerprint density at radius 1 is 1.11 bits per heavy atom. The summed E-state index contributed by atoms with van der Waals surface area (Å²) < 4.78 is 4.90. The highest BCUT2D eigenvalue weighted by Gasteiger charge is 2.30. The molecule has 3 rings (SSSR count). The Kier molecular flexibility index (Phi) is 7.13. The van der Waals surface area contributed by atoms with Gasteiger partial charge in [0.15, 0.2) is 0 Å². The van der Waals surface area contributed by atoms with Gasteiger partial charge in [-0.15, -0.1) is 0 Å². The first-order chi connectivity index (χ1) is 13.1. The summed E-state index contributed by atoms with van der Waals surface area (Å²) >= 11 is 0. The van der Waals surface area contributed by atoms with Crippen molar-refractivity contribution in [2.24, 2.45) is 17.6 Å². The van der Waals surface area contributed by atoms with E-state index in [0.29, 0.717) is 12.6 Å². The van der Waals surface area contributed by atoms with Crippen molar-refractivity contribution < 1.29 is 9.53 Å². The van der Waals surface area contributed by atoms with Crippen LogP contribution in [0.1, 0.15) is 44.1 Å². The lowest BCUT2D eigenvalue weighted by molar-refractivity contribution is -0.146. The molecule has 0 atom stereocenters. The summed E-state index contributed by atoms with van der Waals surface area (Å²) in [5.41, 5.74) is 8.20. The molecule has 2 aliphatic rings. The number of nitrogens with two attached hydrogens (primary N) is 1. The van der Waals surface area contributed by atoms with E-state index in [9.17, 15) is 4.79 Å². The zero-order chi connectivity index (χ0) is 19.2. The van der Waals surface area contributed by atoms with Crippen LogP contribution in [0.25, 0.3) is 0 Å². The fourth-order valence-electron chi connectivity index (χ4n) is 4.69. The van der Waals surface area contributed by atoms with E-state index in [4.69, 9.17) is 10.5 Å². The molecular weight excluding hydrogens is 338 g/mol. The minimum atomic E-state index is -0.0250. The number of hydrogen-bond donors (Lipinski definition) is 1. The largest absolute Gasteiger partial charge is 0.469 e. The molecule has 0 bridgehead atoms. The SMILES string of the molecule is COC(=O)C1CCC(N(C)CC2CCN(c3ccc(CN)cc3)CC2)CC1. The Balaban J connectivity index is 1.41. The van der Waals surface area contributed by atoms with Crippen molar-refractivity contribution in [2.75, 3.05) is 38.7 Å². The van der Waals surface area contributed by atoms with E-state index >= 15 is 0 Å². The molecule has 0 spiro atoms. The number of anilines is 1. The average molecular weight is 374 g/mol. The molecule has 1 saturated heterocycles. The first kappa shape index (κ1) is 20.2. The van der Waals surface area contributed by atoms with Gasteiger partial charge in [0, 0.05) is 37.9 Å². The van der Waals surface area contributed by atoms with Crippen LogP contribution in [0.4, 0.5) is 5.69 Å². The third-order valence-electron chi connectivity index (χ3n) is 6.55. The van der Waals surface area contributed by atoms with Crippen LogP contribution < -0.4 is 10.6 Å². The van der Waals surface area contributed by atoms with Gasteiger partial charge in [-0.2, -0.15) is 0 Å². The number of carbonyl (C=O) groups excluding carboxylic acids is 1. The molecular formula is C22H35N3O2. The minimum Gasteiger partial charge on any atom is -0.469 e. The molecule has 1 saturated carbocycles. The summed E-state index contributed by atoms with van der Waals surface area (Å²) in [4.78, 5) is 16.7. The molecule has 1 heterocycles. The Morgan fingerprint density at radius 2 is 1.74 bits per heavy atom. The van der Waals surface area contributed by atoms with Crippen molar-refractivity contribution in [1.29, 1.82) is 0 Å². The number of hydrogen-bond acceptors (Lipinski definition) is 5. The van der Waals surface area contributed by atoms with E-state index < -0.39 is 0 Å². The Hall–Kier alpha value is -1.59. The van der Waals surface area contributed by atoms with Gasteiger partial charge in [0.25, 0.3) is 0 Å². The summed E-state index contributed by atoms with van der Waals surface area (Å²) in [5, 5.41) is 0. The highest BCUT2D eigenvalue weighted by Crippen LogP contribution is 2.30. The molecule has 0 unspecified atom stereocenters. The van der Waals surface area contributed by atoms with Crippen molar-refractivity contribution in [2.45, 2.75) is 51.1 Å². The number of benzene rings is 1. The van der Waals surface area contributed by atoms with Crippen LogP contribution in [0.3, 0.4) is 0 Å². The van der Waals surface area contributed by atoms with Gasteiger partial charge in [-0.1, -0.05) is 12.1 Å². The van der Waals surface area contributed by atoms with E-state index in [1.807, 2.05) is 0 Å². The molecule has 2 fully saturated rings. The Morgan fingerprint density at radius 3 is 2.30 bits per heavy atom. The summed E-state index contributed by atoms with van der Waals surface area (Å²) in [5.74, 6) is 0.865. The first-order valence-corrected chi connectivity index (χ1v) is 10.4. The van der Waals surface area contributed by atoms with Gasteiger partial charge in [-0.3, -0.25) is 4.79 Å². The lowest BCUT2D eigenvalue weighted by atomic mass is 9.85. The normalized spacial score (nSPS) is 24.2. The van der Waals surface area contributed by atoms with Crippen LogP contribution in [-0.4, -0.2) is 50.7 Å². The third-order valence-corrected chi connectivity index (χ3v) is 6.55. The fourth-order valence-corrected chi connectivity index (χ4v) is 4.69. The predicted octanol–water partition coefficient (Wildman–Crippen LogP) is 3.03. The smallest absolute Gasteiger partial charge is 0.308 e. The van der Waals surface area contributed by atoms with Crippen LogP contribution in [0.5, 0.6) is 0 Å². The zero-order valence-corrected chi connectivity index (χ0v) is 16.9. The van der Waals surface area contributed by atoms with Crippen LogP contribution in [0, 0.1) is 11.8 Å². The molecule has 0 amide bonds. The lowest BCUT2D eigenvalue weighted by Crippen LogP contribution is -2.42. The van der Waals surface area contributed by atoms with Crippen molar-refractivity contribution >= 4 is 11.7 Å². The summed E-state index contributed by atoms with van der Waals surface area (Å²) in [6.45, 7) is 4.05. The van der Waals surface area contributed by atoms with Gasteiger partial charge in [-0.25, -0.2) is 0 Å². The van der Waals surface area contributed by atoms with Crippen LogP contribution >= 0.6 is 0 Å². The number of esters is 1. The number of rotatable bonds is 6. The summed E-state index contributed by atoms with van der Waals surface area (Å²) in [7, 11) is 3.76. The number of ether oxygens (including phenoxy) is 1. The molecule has 0 aromatic heterocycles.